The summed E-state index contributed by atoms with van der Waals surface area (Å²) in [7, 11) is 1.91. The molecule has 1 N–H and O–H groups in total. The maximum absolute atomic E-state index is 12.6. The zero-order valence-corrected chi connectivity index (χ0v) is 13.8. The first-order chi connectivity index (χ1) is 9.99. The monoisotopic (exact) mass is 314 g/mol. The number of likely N-dealkylation sites (tertiary alicyclic amines) is 1. The van der Waals surface area contributed by atoms with Crippen molar-refractivity contribution in [1.82, 2.24) is 9.80 Å². The molecule has 0 bridgehead atoms. The maximum atomic E-state index is 12.6. The van der Waals surface area contributed by atoms with Crippen molar-refractivity contribution in [1.29, 1.82) is 0 Å². The Kier molecular flexibility index (Phi) is 5.79. The highest BCUT2D eigenvalue weighted by Crippen LogP contribution is 2.28. The minimum Gasteiger partial charge on any atom is -0.481 e. The fourth-order valence-electron chi connectivity index (χ4n) is 3.30. The third-order valence-electron chi connectivity index (χ3n) is 4.78. The number of carboxylic acids is 1. The van der Waals surface area contributed by atoms with Crippen molar-refractivity contribution in [2.75, 3.05) is 31.6 Å². The molecular weight excluding hydrogens is 288 g/mol. The minimum absolute atomic E-state index is 0.120. The van der Waals surface area contributed by atoms with Gasteiger partial charge in [0.15, 0.2) is 0 Å². The minimum atomic E-state index is -0.744. The fourth-order valence-corrected chi connectivity index (χ4v) is 4.56. The second kappa shape index (κ2) is 7.38. The van der Waals surface area contributed by atoms with E-state index in [4.69, 9.17) is 5.11 Å². The van der Waals surface area contributed by atoms with E-state index in [0.29, 0.717) is 18.5 Å². The van der Waals surface area contributed by atoms with Crippen LogP contribution < -0.4 is 0 Å². The van der Waals surface area contributed by atoms with Crippen LogP contribution in [0.25, 0.3) is 0 Å². The van der Waals surface area contributed by atoms with E-state index in [1.807, 2.05) is 35.5 Å². The number of aliphatic carboxylic acids is 1. The zero-order valence-electron chi connectivity index (χ0n) is 13.0. The van der Waals surface area contributed by atoms with Crippen LogP contribution in [-0.4, -0.2) is 64.6 Å². The average molecular weight is 314 g/mol. The van der Waals surface area contributed by atoms with Gasteiger partial charge in [0.2, 0.25) is 0 Å². The predicted octanol–water partition coefficient (Wildman–Crippen LogP) is 2.37. The summed E-state index contributed by atoms with van der Waals surface area (Å²) in [6.07, 6.45) is 3.29. The lowest BCUT2D eigenvalue weighted by Crippen LogP contribution is -2.50. The summed E-state index contributed by atoms with van der Waals surface area (Å²) in [4.78, 5) is 27.3. The first-order valence-electron chi connectivity index (χ1n) is 7.80. The summed E-state index contributed by atoms with van der Waals surface area (Å²) >= 11 is 1.91. The van der Waals surface area contributed by atoms with Crippen LogP contribution >= 0.6 is 11.8 Å². The number of urea groups is 1. The lowest BCUT2D eigenvalue weighted by molar-refractivity contribution is -0.138. The van der Waals surface area contributed by atoms with Crippen LogP contribution in [0.1, 0.15) is 32.6 Å². The number of amides is 2. The standard InChI is InChI=1S/C15H26N2O3S/c1-11(8-14(18)19)12-4-3-6-17(9-12)15(20)16(2)13-5-7-21-10-13/h11-13H,3-10H2,1-2H3,(H,18,19). The van der Waals surface area contributed by atoms with Gasteiger partial charge in [-0.2, -0.15) is 11.8 Å². The van der Waals surface area contributed by atoms with Crippen LogP contribution in [0.3, 0.4) is 0 Å². The second-order valence-corrected chi connectivity index (χ2v) is 7.48. The topological polar surface area (TPSA) is 60.9 Å². The summed E-state index contributed by atoms with van der Waals surface area (Å²) in [5.41, 5.74) is 0. The van der Waals surface area contributed by atoms with Gasteiger partial charge in [-0.15, -0.1) is 0 Å². The number of carbonyl (C=O) groups excluding carboxylic acids is 1. The molecule has 0 aliphatic carbocycles. The summed E-state index contributed by atoms with van der Waals surface area (Å²) in [6.45, 7) is 3.50. The normalized spacial score (nSPS) is 27.4. The lowest BCUT2D eigenvalue weighted by atomic mass is 9.85. The Morgan fingerprint density at radius 3 is 2.81 bits per heavy atom. The number of hydrogen-bond donors (Lipinski definition) is 1. The van der Waals surface area contributed by atoms with Crippen molar-refractivity contribution < 1.29 is 14.7 Å². The van der Waals surface area contributed by atoms with Gasteiger partial charge in [-0.25, -0.2) is 4.79 Å². The van der Waals surface area contributed by atoms with Gasteiger partial charge >= 0.3 is 12.0 Å². The second-order valence-electron chi connectivity index (χ2n) is 6.33. The van der Waals surface area contributed by atoms with E-state index in [2.05, 4.69) is 0 Å². The smallest absolute Gasteiger partial charge is 0.320 e. The highest BCUT2D eigenvalue weighted by atomic mass is 32.2. The Balaban J connectivity index is 1.90. The average Bonchev–Trinajstić information content (AvgIpc) is 2.99. The number of carbonyl (C=O) groups is 2. The van der Waals surface area contributed by atoms with Gasteiger partial charge < -0.3 is 14.9 Å². The molecule has 3 atom stereocenters. The Hall–Kier alpha value is -0.910. The molecule has 21 heavy (non-hydrogen) atoms. The molecule has 6 heteroatoms. The summed E-state index contributed by atoms with van der Waals surface area (Å²) < 4.78 is 0. The van der Waals surface area contributed by atoms with Gasteiger partial charge in [0.25, 0.3) is 0 Å². The van der Waals surface area contributed by atoms with Crippen molar-refractivity contribution in [2.24, 2.45) is 11.8 Å². The molecule has 0 radical (unpaired) electrons. The third-order valence-corrected chi connectivity index (χ3v) is 5.93. The molecule has 0 spiro atoms. The number of nitrogens with zero attached hydrogens (tertiary/aromatic N) is 2. The molecule has 2 saturated heterocycles. The molecule has 0 saturated carbocycles. The molecule has 0 aromatic heterocycles. The highest BCUT2D eigenvalue weighted by molar-refractivity contribution is 7.99. The molecule has 5 nitrogen and oxygen atoms in total. The first-order valence-corrected chi connectivity index (χ1v) is 8.95. The zero-order chi connectivity index (χ0) is 15.4. The molecule has 2 aliphatic rings. The predicted molar refractivity (Wildman–Crippen MR) is 84.6 cm³/mol. The molecule has 2 amide bonds. The van der Waals surface area contributed by atoms with Gasteiger partial charge in [0.1, 0.15) is 0 Å². The van der Waals surface area contributed by atoms with Crippen LogP contribution in [0.5, 0.6) is 0 Å². The molecule has 2 heterocycles. The Labute approximate surface area is 131 Å². The SMILES string of the molecule is CC(CC(=O)O)C1CCCN(C(=O)N(C)C2CCSC2)C1. The van der Waals surface area contributed by atoms with E-state index in [-0.39, 0.29) is 18.4 Å². The molecule has 2 aliphatic heterocycles. The molecule has 2 fully saturated rings. The van der Waals surface area contributed by atoms with Crippen molar-refractivity contribution in [2.45, 2.75) is 38.6 Å². The van der Waals surface area contributed by atoms with E-state index in [1.54, 1.807) is 0 Å². The van der Waals surface area contributed by atoms with Crippen LogP contribution in [0.4, 0.5) is 4.79 Å². The first kappa shape index (κ1) is 16.5. The number of rotatable bonds is 4. The van der Waals surface area contributed by atoms with E-state index in [9.17, 15) is 9.59 Å². The van der Waals surface area contributed by atoms with Gasteiger partial charge in [-0.05, 0) is 36.9 Å². The number of thioether (sulfide) groups is 1. The van der Waals surface area contributed by atoms with Crippen molar-refractivity contribution in [3.8, 4) is 0 Å². The van der Waals surface area contributed by atoms with Crippen molar-refractivity contribution in [3.05, 3.63) is 0 Å². The number of carboxylic acid groups (broad SMARTS) is 1. The van der Waals surface area contributed by atoms with Crippen LogP contribution in [0, 0.1) is 11.8 Å². The van der Waals surface area contributed by atoms with E-state index < -0.39 is 5.97 Å². The summed E-state index contributed by atoms with van der Waals surface area (Å²) in [5, 5.41) is 8.93. The molecule has 0 aromatic carbocycles. The summed E-state index contributed by atoms with van der Waals surface area (Å²) in [6, 6.07) is 0.481. The number of piperidine rings is 1. The lowest BCUT2D eigenvalue weighted by Gasteiger charge is -2.38. The van der Waals surface area contributed by atoms with Crippen LogP contribution in [-0.2, 0) is 4.79 Å². The van der Waals surface area contributed by atoms with Crippen molar-refractivity contribution in [3.63, 3.8) is 0 Å². The van der Waals surface area contributed by atoms with Gasteiger partial charge in [0.05, 0.1) is 0 Å². The van der Waals surface area contributed by atoms with E-state index in [1.165, 1.54) is 0 Å². The number of hydrogen-bond acceptors (Lipinski definition) is 3. The van der Waals surface area contributed by atoms with Crippen LogP contribution in [0.2, 0.25) is 0 Å². The van der Waals surface area contributed by atoms with Gasteiger partial charge in [-0.3, -0.25) is 4.79 Å². The fraction of sp³-hybridized carbons (Fsp3) is 0.867. The van der Waals surface area contributed by atoms with Crippen molar-refractivity contribution >= 4 is 23.8 Å². The van der Waals surface area contributed by atoms with E-state index in [0.717, 1.165) is 37.3 Å². The Bertz CT molecular complexity index is 385. The quantitative estimate of drug-likeness (QED) is 0.865. The Morgan fingerprint density at radius 2 is 2.19 bits per heavy atom. The maximum Gasteiger partial charge on any atom is 0.320 e. The van der Waals surface area contributed by atoms with Gasteiger partial charge in [0, 0.05) is 38.4 Å². The molecule has 0 aromatic rings. The molecule has 120 valence electrons. The molecule has 3 unspecified atom stereocenters. The molecule has 2 rings (SSSR count). The summed E-state index contributed by atoms with van der Waals surface area (Å²) in [5.74, 6) is 1.87. The van der Waals surface area contributed by atoms with Gasteiger partial charge in [-0.1, -0.05) is 6.92 Å². The van der Waals surface area contributed by atoms with E-state index >= 15 is 0 Å². The third kappa shape index (κ3) is 4.28. The van der Waals surface area contributed by atoms with Crippen LogP contribution in [0.15, 0.2) is 0 Å². The molecular formula is C15H26N2O3S. The highest BCUT2D eigenvalue weighted by Gasteiger charge is 2.32. The largest absolute Gasteiger partial charge is 0.481 e. The Morgan fingerprint density at radius 1 is 1.43 bits per heavy atom.